The van der Waals surface area contributed by atoms with Gasteiger partial charge in [-0.25, -0.2) is 0 Å². The highest BCUT2D eigenvalue weighted by Crippen LogP contribution is 2.38. The van der Waals surface area contributed by atoms with Gasteiger partial charge in [0.05, 0.1) is 9.81 Å². The van der Waals surface area contributed by atoms with Gasteiger partial charge in [0.15, 0.2) is 11.6 Å². The Hall–Kier alpha value is -2.04. The second-order valence-corrected chi connectivity index (χ2v) is 8.49. The number of aryl methyl sites for hydroxylation is 1. The number of Topliss-reactive ketones (excluding diaryl/α,β-unsaturated/α-hetero) is 1. The first-order valence-electron chi connectivity index (χ1n) is 8.54. The molecular weight excluding hydrogens is 360 g/mol. The molecule has 3 rings (SSSR count). The zero-order valence-corrected chi connectivity index (χ0v) is 16.2. The second-order valence-electron chi connectivity index (χ2n) is 6.02. The fraction of sp³-hybridized carbons (Fsp3) is 0.182. The molecule has 0 N–H and O–H groups in total. The molecule has 0 saturated carbocycles. The number of ketones is 2. The van der Waals surface area contributed by atoms with E-state index in [0.29, 0.717) is 11.1 Å². The predicted molar refractivity (Wildman–Crippen MR) is 113 cm³/mol. The predicted octanol–water partition coefficient (Wildman–Crippen LogP) is 5.54. The van der Waals surface area contributed by atoms with Crippen molar-refractivity contribution in [3.05, 3.63) is 87.2 Å². The molecule has 0 aromatic heterocycles. The molecule has 1 aliphatic rings. The van der Waals surface area contributed by atoms with Crippen LogP contribution in [0.2, 0.25) is 0 Å². The van der Waals surface area contributed by atoms with Gasteiger partial charge in [-0.15, -0.1) is 23.5 Å². The molecule has 132 valence electrons. The third-order valence-corrected chi connectivity index (χ3v) is 6.60. The molecule has 0 atom stereocenters. The van der Waals surface area contributed by atoms with E-state index in [-0.39, 0.29) is 11.6 Å². The summed E-state index contributed by atoms with van der Waals surface area (Å²) in [6, 6.07) is 17.0. The highest BCUT2D eigenvalue weighted by molar-refractivity contribution is 8.22. The third-order valence-electron chi connectivity index (χ3n) is 3.97. The largest absolute Gasteiger partial charge is 0.289 e. The molecule has 1 saturated heterocycles. The van der Waals surface area contributed by atoms with Crippen molar-refractivity contribution in [2.75, 3.05) is 11.5 Å². The summed E-state index contributed by atoms with van der Waals surface area (Å²) in [7, 11) is 0. The lowest BCUT2D eigenvalue weighted by molar-refractivity contribution is -0.111. The van der Waals surface area contributed by atoms with E-state index in [1.807, 2.05) is 49.4 Å². The van der Waals surface area contributed by atoms with E-state index < -0.39 is 0 Å². The molecule has 1 heterocycles. The molecule has 0 spiro atoms. The zero-order valence-electron chi connectivity index (χ0n) is 14.6. The second kappa shape index (κ2) is 9.06. The van der Waals surface area contributed by atoms with Gasteiger partial charge in [-0.1, -0.05) is 66.2 Å². The summed E-state index contributed by atoms with van der Waals surface area (Å²) >= 11 is 3.23. The molecule has 0 bridgehead atoms. The Bertz CT molecular complexity index is 841. The van der Waals surface area contributed by atoms with Crippen LogP contribution in [-0.4, -0.2) is 23.1 Å². The number of allylic oxidation sites excluding steroid dienone is 2. The van der Waals surface area contributed by atoms with E-state index in [9.17, 15) is 9.59 Å². The summed E-state index contributed by atoms with van der Waals surface area (Å²) in [5.74, 6) is 1.48. The Morgan fingerprint density at radius 2 is 1.58 bits per heavy atom. The summed E-state index contributed by atoms with van der Waals surface area (Å²) in [4.78, 5) is 26.0. The third kappa shape index (κ3) is 4.77. The van der Waals surface area contributed by atoms with Crippen LogP contribution in [0, 0.1) is 6.92 Å². The van der Waals surface area contributed by atoms with Gasteiger partial charge in [0.1, 0.15) is 0 Å². The molecule has 0 amide bonds. The molecule has 2 aromatic rings. The monoisotopic (exact) mass is 380 g/mol. The number of hydrogen-bond donors (Lipinski definition) is 0. The standard InChI is InChI=1S/C22H20O2S2/c1-16-8-11-18(12-9-16)21(24)20(22-25-14-5-15-26-22)19(23)13-10-17-6-3-2-4-7-17/h2-4,6-13H,5,14-15H2,1H3. The van der Waals surface area contributed by atoms with Crippen molar-refractivity contribution in [2.24, 2.45) is 0 Å². The quantitative estimate of drug-likeness (QED) is 0.295. The fourth-order valence-corrected chi connectivity index (χ4v) is 5.19. The molecular formula is C22H20O2S2. The summed E-state index contributed by atoms with van der Waals surface area (Å²) in [6.45, 7) is 1.98. The number of carbonyl (C=O) groups excluding carboxylic acids is 2. The van der Waals surface area contributed by atoms with Gasteiger partial charge in [0.2, 0.25) is 0 Å². The number of thioether (sulfide) groups is 2. The average molecular weight is 381 g/mol. The van der Waals surface area contributed by atoms with Gasteiger partial charge in [-0.2, -0.15) is 0 Å². The lowest BCUT2D eigenvalue weighted by Crippen LogP contribution is -2.14. The van der Waals surface area contributed by atoms with Crippen molar-refractivity contribution >= 4 is 41.2 Å². The Morgan fingerprint density at radius 3 is 2.23 bits per heavy atom. The molecule has 0 unspecified atom stereocenters. The Morgan fingerprint density at radius 1 is 0.923 bits per heavy atom. The van der Waals surface area contributed by atoms with Gasteiger partial charge < -0.3 is 0 Å². The first-order chi connectivity index (χ1) is 12.6. The fourth-order valence-electron chi connectivity index (χ4n) is 2.55. The maximum absolute atomic E-state index is 13.1. The molecule has 0 aliphatic carbocycles. The minimum Gasteiger partial charge on any atom is -0.289 e. The van der Waals surface area contributed by atoms with E-state index in [2.05, 4.69) is 0 Å². The number of benzene rings is 2. The maximum atomic E-state index is 13.1. The van der Waals surface area contributed by atoms with Gasteiger partial charge in [0.25, 0.3) is 0 Å². The molecule has 26 heavy (non-hydrogen) atoms. The van der Waals surface area contributed by atoms with E-state index in [0.717, 1.165) is 33.3 Å². The van der Waals surface area contributed by atoms with Crippen LogP contribution in [0.15, 0.2) is 70.5 Å². The van der Waals surface area contributed by atoms with Crippen molar-refractivity contribution in [3.8, 4) is 0 Å². The van der Waals surface area contributed by atoms with Crippen molar-refractivity contribution in [3.63, 3.8) is 0 Å². The Balaban J connectivity index is 1.93. The van der Waals surface area contributed by atoms with E-state index in [1.165, 1.54) is 6.08 Å². The highest BCUT2D eigenvalue weighted by Gasteiger charge is 2.24. The van der Waals surface area contributed by atoms with Crippen LogP contribution in [-0.2, 0) is 4.79 Å². The van der Waals surface area contributed by atoms with Crippen molar-refractivity contribution in [2.45, 2.75) is 13.3 Å². The minimum absolute atomic E-state index is 0.190. The first-order valence-corrected chi connectivity index (χ1v) is 10.5. The zero-order chi connectivity index (χ0) is 18.4. The van der Waals surface area contributed by atoms with E-state index >= 15 is 0 Å². The van der Waals surface area contributed by atoms with E-state index in [4.69, 9.17) is 0 Å². The topological polar surface area (TPSA) is 34.1 Å². The molecule has 0 radical (unpaired) electrons. The van der Waals surface area contributed by atoms with Crippen LogP contribution in [0.5, 0.6) is 0 Å². The van der Waals surface area contributed by atoms with Crippen LogP contribution in [0.4, 0.5) is 0 Å². The van der Waals surface area contributed by atoms with Crippen LogP contribution in [0.3, 0.4) is 0 Å². The summed E-state index contributed by atoms with van der Waals surface area (Å²) in [6.07, 6.45) is 4.38. The Labute approximate surface area is 162 Å². The molecule has 1 aliphatic heterocycles. The van der Waals surface area contributed by atoms with Crippen LogP contribution in [0.25, 0.3) is 6.08 Å². The summed E-state index contributed by atoms with van der Waals surface area (Å²) < 4.78 is 0.851. The van der Waals surface area contributed by atoms with E-state index in [1.54, 1.807) is 41.7 Å². The van der Waals surface area contributed by atoms with Crippen LogP contribution >= 0.6 is 23.5 Å². The summed E-state index contributed by atoms with van der Waals surface area (Å²) in [5.41, 5.74) is 2.89. The molecule has 1 fully saturated rings. The molecule has 2 aromatic carbocycles. The number of carbonyl (C=O) groups is 2. The lowest BCUT2D eigenvalue weighted by Gasteiger charge is -2.16. The lowest BCUT2D eigenvalue weighted by atomic mass is 10.00. The van der Waals surface area contributed by atoms with Gasteiger partial charge >= 0.3 is 0 Å². The number of rotatable bonds is 5. The average Bonchev–Trinajstić information content (AvgIpc) is 2.69. The van der Waals surface area contributed by atoms with Crippen LogP contribution in [0.1, 0.15) is 27.9 Å². The SMILES string of the molecule is Cc1ccc(C(=O)C(C(=O)C=Cc2ccccc2)=C2SCCCS2)cc1. The number of hydrogen-bond acceptors (Lipinski definition) is 4. The van der Waals surface area contributed by atoms with Crippen molar-refractivity contribution in [1.29, 1.82) is 0 Å². The molecule has 2 nitrogen and oxygen atoms in total. The summed E-state index contributed by atoms with van der Waals surface area (Å²) in [5, 5.41) is 0. The normalized spacial score (nSPS) is 14.4. The van der Waals surface area contributed by atoms with Crippen LogP contribution < -0.4 is 0 Å². The van der Waals surface area contributed by atoms with Crippen molar-refractivity contribution in [1.82, 2.24) is 0 Å². The smallest absolute Gasteiger partial charge is 0.198 e. The van der Waals surface area contributed by atoms with Gasteiger partial charge in [-0.3, -0.25) is 9.59 Å². The maximum Gasteiger partial charge on any atom is 0.198 e. The van der Waals surface area contributed by atoms with Gasteiger partial charge in [-0.05, 0) is 36.5 Å². The Kier molecular flexibility index (Phi) is 6.53. The first kappa shape index (κ1) is 18.7. The minimum atomic E-state index is -0.226. The van der Waals surface area contributed by atoms with Crippen molar-refractivity contribution < 1.29 is 9.59 Å². The van der Waals surface area contributed by atoms with Gasteiger partial charge in [0, 0.05) is 5.56 Å². The highest BCUT2D eigenvalue weighted by atomic mass is 32.2. The molecule has 4 heteroatoms.